The highest BCUT2D eigenvalue weighted by Gasteiger charge is 2.44. The van der Waals surface area contributed by atoms with Crippen molar-refractivity contribution in [3.05, 3.63) is 0 Å². The molecule has 0 bridgehead atoms. The van der Waals surface area contributed by atoms with E-state index in [0.29, 0.717) is 11.9 Å². The molecule has 0 aromatic heterocycles. The number of rotatable bonds is 0. The van der Waals surface area contributed by atoms with Gasteiger partial charge in [0.2, 0.25) is 0 Å². The summed E-state index contributed by atoms with van der Waals surface area (Å²) in [6.45, 7) is 0. The van der Waals surface area contributed by atoms with E-state index in [0.717, 1.165) is 19.3 Å². The predicted molar refractivity (Wildman–Crippen MR) is 32.1 cm³/mol. The molecule has 1 heterocycles. The Bertz CT molecular complexity index is 142. The molecule has 0 spiro atoms. The Morgan fingerprint density at radius 2 is 2.33 bits per heavy atom. The highest BCUT2D eigenvalue weighted by atomic mass is 16.6. The van der Waals surface area contributed by atoms with Crippen molar-refractivity contribution < 1.29 is 9.53 Å². The van der Waals surface area contributed by atoms with E-state index >= 15 is 0 Å². The van der Waals surface area contributed by atoms with Gasteiger partial charge < -0.3 is 4.74 Å². The van der Waals surface area contributed by atoms with Crippen molar-refractivity contribution in [2.75, 3.05) is 0 Å². The van der Waals surface area contributed by atoms with Gasteiger partial charge in [0, 0.05) is 6.42 Å². The topological polar surface area (TPSA) is 29.6 Å². The predicted octanol–water partition coefficient (Wildman–Crippen LogP) is 0.897. The van der Waals surface area contributed by atoms with Gasteiger partial charge in [-0.05, 0) is 12.8 Å². The van der Waals surface area contributed by atoms with Crippen LogP contribution in [0.2, 0.25) is 0 Å². The molecule has 0 amide bonds. The van der Waals surface area contributed by atoms with Crippen LogP contribution < -0.4 is 0 Å². The molecule has 0 aromatic carbocycles. The van der Waals surface area contributed by atoms with Crippen LogP contribution in [0.3, 0.4) is 0 Å². The molecule has 2 atom stereocenters. The number of Topliss-reactive ketones (excluding diaryl/α,β-unsaturated/α-hetero) is 1. The van der Waals surface area contributed by atoms with E-state index in [1.807, 2.05) is 0 Å². The molecule has 0 radical (unpaired) electrons. The summed E-state index contributed by atoms with van der Waals surface area (Å²) in [7, 11) is 0. The number of hydrogen-bond acceptors (Lipinski definition) is 2. The van der Waals surface area contributed by atoms with E-state index in [9.17, 15) is 4.79 Å². The van der Waals surface area contributed by atoms with E-state index in [1.54, 1.807) is 0 Å². The Hall–Kier alpha value is -0.370. The number of carbonyl (C=O) groups excluding carboxylic acids is 1. The molecule has 1 saturated carbocycles. The third-order valence-corrected chi connectivity index (χ3v) is 2.06. The van der Waals surface area contributed by atoms with Crippen LogP contribution in [0.1, 0.15) is 25.7 Å². The van der Waals surface area contributed by atoms with Gasteiger partial charge in [-0.15, -0.1) is 0 Å². The Balaban J connectivity index is 2.03. The molecule has 0 N–H and O–H groups in total. The highest BCUT2D eigenvalue weighted by Crippen LogP contribution is 2.32. The maximum Gasteiger partial charge on any atom is 0.164 e. The molecule has 2 heteroatoms. The van der Waals surface area contributed by atoms with Gasteiger partial charge in [-0.3, -0.25) is 4.79 Å². The summed E-state index contributed by atoms with van der Waals surface area (Å²) < 4.78 is 5.12. The lowest BCUT2D eigenvalue weighted by atomic mass is 10.2. The lowest BCUT2D eigenvalue weighted by Gasteiger charge is -1.90. The van der Waals surface area contributed by atoms with Gasteiger partial charge in [0.1, 0.15) is 6.10 Å². The maximum absolute atomic E-state index is 10.9. The summed E-state index contributed by atoms with van der Waals surface area (Å²) in [6.07, 6.45) is 4.45. The summed E-state index contributed by atoms with van der Waals surface area (Å²) in [4.78, 5) is 10.9. The van der Waals surface area contributed by atoms with Gasteiger partial charge in [-0.1, -0.05) is 6.42 Å². The number of ketones is 1. The van der Waals surface area contributed by atoms with Crippen LogP contribution in [0.15, 0.2) is 0 Å². The summed E-state index contributed by atoms with van der Waals surface area (Å²) in [5.41, 5.74) is 0. The van der Waals surface area contributed by atoms with E-state index in [2.05, 4.69) is 0 Å². The van der Waals surface area contributed by atoms with Crippen molar-refractivity contribution in [2.24, 2.45) is 0 Å². The summed E-state index contributed by atoms with van der Waals surface area (Å²) in [5, 5.41) is 0. The second-order valence-corrected chi connectivity index (χ2v) is 2.81. The molecule has 1 aliphatic heterocycles. The van der Waals surface area contributed by atoms with Gasteiger partial charge in [-0.2, -0.15) is 0 Å². The molecule has 2 nitrogen and oxygen atoms in total. The maximum atomic E-state index is 10.9. The minimum absolute atomic E-state index is 0.0208. The molecule has 0 aromatic rings. The Morgan fingerprint density at radius 1 is 1.44 bits per heavy atom. The first-order valence-electron chi connectivity index (χ1n) is 3.56. The van der Waals surface area contributed by atoms with E-state index in [4.69, 9.17) is 4.74 Å². The summed E-state index contributed by atoms with van der Waals surface area (Å²) in [5.74, 6) is 0.331. The minimum atomic E-state index is 0.0208. The normalized spacial score (nSPS) is 41.6. The van der Waals surface area contributed by atoms with Crippen LogP contribution in [0.4, 0.5) is 0 Å². The Kier molecular flexibility index (Phi) is 1.09. The summed E-state index contributed by atoms with van der Waals surface area (Å²) in [6, 6.07) is 0. The molecular weight excluding hydrogens is 116 g/mol. The van der Waals surface area contributed by atoms with Crippen LogP contribution in [0, 0.1) is 0 Å². The zero-order chi connectivity index (χ0) is 6.27. The smallest absolute Gasteiger partial charge is 0.164 e. The van der Waals surface area contributed by atoms with Crippen molar-refractivity contribution >= 4 is 5.78 Å². The second kappa shape index (κ2) is 1.81. The fourth-order valence-electron chi connectivity index (χ4n) is 1.43. The quantitative estimate of drug-likeness (QED) is 0.451. The zero-order valence-electron chi connectivity index (χ0n) is 5.30. The summed E-state index contributed by atoms with van der Waals surface area (Å²) >= 11 is 0. The SMILES string of the molecule is O=C1CCCC[C@H]2O[C@@H]12. The van der Waals surface area contributed by atoms with Crippen LogP contribution in [0.25, 0.3) is 0 Å². The van der Waals surface area contributed by atoms with Gasteiger partial charge >= 0.3 is 0 Å². The molecule has 1 saturated heterocycles. The van der Waals surface area contributed by atoms with Gasteiger partial charge in [0.25, 0.3) is 0 Å². The third-order valence-electron chi connectivity index (χ3n) is 2.06. The van der Waals surface area contributed by atoms with Gasteiger partial charge in [0.05, 0.1) is 6.10 Å². The second-order valence-electron chi connectivity index (χ2n) is 2.81. The molecule has 1 aliphatic carbocycles. The van der Waals surface area contributed by atoms with E-state index in [-0.39, 0.29) is 6.10 Å². The highest BCUT2D eigenvalue weighted by molar-refractivity contribution is 5.86. The van der Waals surface area contributed by atoms with Crippen molar-refractivity contribution in [1.29, 1.82) is 0 Å². The third kappa shape index (κ3) is 0.874. The molecule has 2 rings (SSSR count). The lowest BCUT2D eigenvalue weighted by Crippen LogP contribution is -2.05. The monoisotopic (exact) mass is 126 g/mol. The van der Waals surface area contributed by atoms with Crippen molar-refractivity contribution in [3.63, 3.8) is 0 Å². The zero-order valence-corrected chi connectivity index (χ0v) is 5.30. The fraction of sp³-hybridized carbons (Fsp3) is 0.857. The largest absolute Gasteiger partial charge is 0.361 e. The first-order valence-corrected chi connectivity index (χ1v) is 3.56. The molecule has 2 fully saturated rings. The molecule has 9 heavy (non-hydrogen) atoms. The number of hydrogen-bond donors (Lipinski definition) is 0. The Morgan fingerprint density at radius 3 is 3.22 bits per heavy atom. The van der Waals surface area contributed by atoms with Crippen molar-refractivity contribution in [1.82, 2.24) is 0 Å². The average Bonchev–Trinajstić information content (AvgIpc) is 2.55. The molecule has 2 aliphatic rings. The van der Waals surface area contributed by atoms with Crippen LogP contribution in [-0.4, -0.2) is 18.0 Å². The van der Waals surface area contributed by atoms with Crippen LogP contribution >= 0.6 is 0 Å². The van der Waals surface area contributed by atoms with Crippen molar-refractivity contribution in [2.45, 2.75) is 37.9 Å². The van der Waals surface area contributed by atoms with Crippen molar-refractivity contribution in [3.8, 4) is 0 Å². The van der Waals surface area contributed by atoms with Gasteiger partial charge in [0.15, 0.2) is 5.78 Å². The van der Waals surface area contributed by atoms with E-state index in [1.165, 1.54) is 6.42 Å². The van der Waals surface area contributed by atoms with Gasteiger partial charge in [-0.25, -0.2) is 0 Å². The standard InChI is InChI=1S/C7H10O2/c8-5-3-1-2-4-6-7(5)9-6/h6-7H,1-4H2/t6-,7+/m1/s1. The fourth-order valence-corrected chi connectivity index (χ4v) is 1.43. The van der Waals surface area contributed by atoms with Crippen LogP contribution in [0.5, 0.6) is 0 Å². The van der Waals surface area contributed by atoms with Crippen LogP contribution in [-0.2, 0) is 9.53 Å². The Labute approximate surface area is 54.2 Å². The minimum Gasteiger partial charge on any atom is -0.361 e. The number of fused-ring (bicyclic) bond motifs is 1. The number of carbonyl (C=O) groups is 1. The molecule has 50 valence electrons. The number of epoxide rings is 1. The number of ether oxygens (including phenoxy) is 1. The lowest BCUT2D eigenvalue weighted by molar-refractivity contribution is -0.120. The molecular formula is C7H10O2. The molecule has 0 unspecified atom stereocenters. The first kappa shape index (κ1) is 5.42. The van der Waals surface area contributed by atoms with E-state index < -0.39 is 0 Å². The average molecular weight is 126 g/mol. The first-order chi connectivity index (χ1) is 4.38.